The number of benzene rings is 3. The molecule has 3 aromatic carbocycles. The number of aromatic amines is 2. The molecule has 0 saturated heterocycles. The lowest BCUT2D eigenvalue weighted by molar-refractivity contribution is 0.475. The van der Waals surface area contributed by atoms with Crippen molar-refractivity contribution in [2.24, 2.45) is 0 Å². The minimum Gasteiger partial charge on any atom is -0.508 e. The van der Waals surface area contributed by atoms with Crippen LogP contribution in [0.2, 0.25) is 0 Å². The maximum absolute atomic E-state index is 9.44. The standard InChI is InChI=1S/C22H16N6O/c29-18-11-9-15(10-12-18)20-24-22(28-26-20)17-8-4-7-16(13-17)21-23-19(25-27-21)14-5-2-1-3-6-14/h1-13,29H,(H,23,25,27)(H,24,26,28). The topological polar surface area (TPSA) is 103 Å². The Bertz CT molecular complexity index is 1260. The molecule has 2 aromatic heterocycles. The number of aromatic nitrogens is 6. The van der Waals surface area contributed by atoms with E-state index < -0.39 is 0 Å². The molecule has 0 atom stereocenters. The Morgan fingerprint density at radius 3 is 1.66 bits per heavy atom. The summed E-state index contributed by atoms with van der Waals surface area (Å²) in [5.41, 5.74) is 3.56. The minimum absolute atomic E-state index is 0.211. The number of phenols is 1. The molecule has 5 rings (SSSR count). The molecule has 7 heteroatoms. The van der Waals surface area contributed by atoms with Crippen LogP contribution in [-0.4, -0.2) is 35.5 Å². The van der Waals surface area contributed by atoms with Crippen molar-refractivity contribution < 1.29 is 5.11 Å². The fourth-order valence-corrected chi connectivity index (χ4v) is 3.05. The van der Waals surface area contributed by atoms with E-state index in [-0.39, 0.29) is 5.75 Å². The molecule has 0 bridgehead atoms. The number of rotatable bonds is 4. The van der Waals surface area contributed by atoms with Gasteiger partial charge in [0.2, 0.25) is 0 Å². The lowest BCUT2D eigenvalue weighted by Crippen LogP contribution is -1.85. The third-order valence-corrected chi connectivity index (χ3v) is 4.54. The number of H-pyrrole nitrogens is 2. The first-order chi connectivity index (χ1) is 14.3. The highest BCUT2D eigenvalue weighted by Crippen LogP contribution is 2.26. The van der Waals surface area contributed by atoms with E-state index in [0.29, 0.717) is 17.5 Å². The number of nitrogens with one attached hydrogen (secondary N) is 2. The Kier molecular flexibility index (Phi) is 4.10. The zero-order valence-electron chi connectivity index (χ0n) is 15.2. The summed E-state index contributed by atoms with van der Waals surface area (Å²) in [4.78, 5) is 9.18. The smallest absolute Gasteiger partial charge is 0.181 e. The predicted octanol–water partition coefficient (Wildman–Crippen LogP) is 4.30. The largest absolute Gasteiger partial charge is 0.508 e. The van der Waals surface area contributed by atoms with Crippen LogP contribution < -0.4 is 0 Å². The van der Waals surface area contributed by atoms with E-state index in [1.165, 1.54) is 0 Å². The van der Waals surface area contributed by atoms with Gasteiger partial charge in [-0.3, -0.25) is 10.2 Å². The van der Waals surface area contributed by atoms with Gasteiger partial charge in [0.25, 0.3) is 0 Å². The lowest BCUT2D eigenvalue weighted by atomic mass is 10.1. The predicted molar refractivity (Wildman–Crippen MR) is 110 cm³/mol. The molecule has 0 aliphatic rings. The van der Waals surface area contributed by atoms with Gasteiger partial charge in [-0.1, -0.05) is 48.5 Å². The van der Waals surface area contributed by atoms with E-state index in [0.717, 1.165) is 28.1 Å². The molecule has 0 unspecified atom stereocenters. The van der Waals surface area contributed by atoms with Crippen molar-refractivity contribution in [2.75, 3.05) is 0 Å². The quantitative estimate of drug-likeness (QED) is 0.431. The van der Waals surface area contributed by atoms with Crippen molar-refractivity contribution in [3.05, 3.63) is 78.9 Å². The molecule has 5 aromatic rings. The fraction of sp³-hybridized carbons (Fsp3) is 0. The maximum atomic E-state index is 9.44. The zero-order valence-corrected chi connectivity index (χ0v) is 15.2. The monoisotopic (exact) mass is 380 g/mol. The van der Waals surface area contributed by atoms with Crippen molar-refractivity contribution in [1.29, 1.82) is 0 Å². The molecule has 29 heavy (non-hydrogen) atoms. The van der Waals surface area contributed by atoms with Crippen molar-refractivity contribution in [3.63, 3.8) is 0 Å². The SMILES string of the molecule is Oc1ccc(-c2nc(-c3cccc(-c4n[nH]c(-c5ccccc5)n4)c3)n[nH]2)cc1. The highest BCUT2D eigenvalue weighted by molar-refractivity contribution is 5.68. The summed E-state index contributed by atoms with van der Waals surface area (Å²) >= 11 is 0. The van der Waals surface area contributed by atoms with Crippen LogP contribution in [0.15, 0.2) is 78.9 Å². The third-order valence-electron chi connectivity index (χ3n) is 4.54. The van der Waals surface area contributed by atoms with Gasteiger partial charge >= 0.3 is 0 Å². The zero-order chi connectivity index (χ0) is 19.6. The van der Waals surface area contributed by atoms with E-state index in [2.05, 4.69) is 30.4 Å². The number of nitrogens with zero attached hydrogens (tertiary/aromatic N) is 4. The first-order valence-electron chi connectivity index (χ1n) is 9.07. The van der Waals surface area contributed by atoms with Gasteiger partial charge in [-0.2, -0.15) is 10.2 Å². The molecule has 0 fully saturated rings. The summed E-state index contributed by atoms with van der Waals surface area (Å²) in [5.74, 6) is 2.75. The Hall–Kier alpha value is -4.26. The van der Waals surface area contributed by atoms with Gasteiger partial charge in [-0.05, 0) is 30.3 Å². The molecule has 0 spiro atoms. The molecular formula is C22H16N6O. The third kappa shape index (κ3) is 3.37. The van der Waals surface area contributed by atoms with E-state index in [1.54, 1.807) is 24.3 Å². The Labute approximate surface area is 166 Å². The van der Waals surface area contributed by atoms with E-state index in [4.69, 9.17) is 0 Å². The summed E-state index contributed by atoms with van der Waals surface area (Å²) in [6.07, 6.45) is 0. The molecule has 7 nitrogen and oxygen atoms in total. The molecule has 0 radical (unpaired) electrons. The van der Waals surface area contributed by atoms with Crippen molar-refractivity contribution in [3.8, 4) is 51.3 Å². The van der Waals surface area contributed by atoms with Gasteiger partial charge in [-0.15, -0.1) is 0 Å². The highest BCUT2D eigenvalue weighted by atomic mass is 16.3. The second-order valence-electron chi connectivity index (χ2n) is 6.51. The second kappa shape index (κ2) is 7.05. The minimum atomic E-state index is 0.211. The Balaban J connectivity index is 1.45. The molecule has 2 heterocycles. The molecule has 0 saturated carbocycles. The van der Waals surface area contributed by atoms with Crippen molar-refractivity contribution in [2.45, 2.75) is 0 Å². The summed E-state index contributed by atoms with van der Waals surface area (Å²) in [5, 5.41) is 24.1. The Morgan fingerprint density at radius 2 is 1.07 bits per heavy atom. The molecule has 0 amide bonds. The molecule has 3 N–H and O–H groups in total. The molecular weight excluding hydrogens is 364 g/mol. The average Bonchev–Trinajstić information content (AvgIpc) is 3.46. The number of phenolic OH excluding ortho intramolecular Hbond substituents is 1. The van der Waals surface area contributed by atoms with Crippen LogP contribution in [0.5, 0.6) is 5.75 Å². The van der Waals surface area contributed by atoms with Gasteiger partial charge in [0, 0.05) is 22.3 Å². The van der Waals surface area contributed by atoms with E-state index in [9.17, 15) is 5.11 Å². The summed E-state index contributed by atoms with van der Waals surface area (Å²) in [6.45, 7) is 0. The van der Waals surface area contributed by atoms with Crippen molar-refractivity contribution >= 4 is 0 Å². The van der Waals surface area contributed by atoms with Crippen LogP contribution in [0.4, 0.5) is 0 Å². The number of aromatic hydroxyl groups is 1. The second-order valence-corrected chi connectivity index (χ2v) is 6.51. The maximum Gasteiger partial charge on any atom is 0.181 e. The molecule has 140 valence electrons. The first-order valence-corrected chi connectivity index (χ1v) is 9.07. The number of hydrogen-bond donors (Lipinski definition) is 3. The van der Waals surface area contributed by atoms with E-state index >= 15 is 0 Å². The van der Waals surface area contributed by atoms with Gasteiger partial charge in [0.15, 0.2) is 23.3 Å². The Morgan fingerprint density at radius 1 is 0.552 bits per heavy atom. The van der Waals surface area contributed by atoms with Crippen molar-refractivity contribution in [1.82, 2.24) is 30.4 Å². The van der Waals surface area contributed by atoms with Gasteiger partial charge in [0.1, 0.15) is 5.75 Å². The number of hydrogen-bond acceptors (Lipinski definition) is 5. The van der Waals surface area contributed by atoms with Crippen LogP contribution in [0, 0.1) is 0 Å². The van der Waals surface area contributed by atoms with Crippen LogP contribution in [0.25, 0.3) is 45.6 Å². The van der Waals surface area contributed by atoms with Gasteiger partial charge < -0.3 is 5.11 Å². The lowest BCUT2D eigenvalue weighted by Gasteiger charge is -1.99. The highest BCUT2D eigenvalue weighted by Gasteiger charge is 2.12. The summed E-state index contributed by atoms with van der Waals surface area (Å²) < 4.78 is 0. The fourth-order valence-electron chi connectivity index (χ4n) is 3.05. The molecule has 0 aliphatic carbocycles. The van der Waals surface area contributed by atoms with Crippen LogP contribution in [-0.2, 0) is 0 Å². The molecule has 0 aliphatic heterocycles. The van der Waals surface area contributed by atoms with Crippen LogP contribution in [0.3, 0.4) is 0 Å². The van der Waals surface area contributed by atoms with Gasteiger partial charge in [-0.25, -0.2) is 9.97 Å². The average molecular weight is 380 g/mol. The first kappa shape index (κ1) is 16.9. The summed E-state index contributed by atoms with van der Waals surface area (Å²) in [6, 6.07) is 24.5. The van der Waals surface area contributed by atoms with Crippen LogP contribution >= 0.6 is 0 Å². The summed E-state index contributed by atoms with van der Waals surface area (Å²) in [7, 11) is 0. The van der Waals surface area contributed by atoms with E-state index in [1.807, 2.05) is 54.6 Å². The van der Waals surface area contributed by atoms with Gasteiger partial charge in [0.05, 0.1) is 0 Å². The van der Waals surface area contributed by atoms with Crippen LogP contribution in [0.1, 0.15) is 0 Å². The normalized spacial score (nSPS) is 10.9.